The molecule has 1 amide bonds. The number of pyridine rings is 2. The number of aliphatic hydroxyl groups excluding tert-OH is 1. The summed E-state index contributed by atoms with van der Waals surface area (Å²) in [7, 11) is 1.62. The number of nitrogens with one attached hydrogen (secondary N) is 1. The molecule has 0 spiro atoms. The number of aliphatic hydroxyl groups is 1. The van der Waals surface area contributed by atoms with Crippen molar-refractivity contribution in [2.45, 2.75) is 31.4 Å². The largest absolute Gasteiger partial charge is 0.393 e. The van der Waals surface area contributed by atoms with E-state index in [-0.39, 0.29) is 35.1 Å². The lowest BCUT2D eigenvalue weighted by Crippen LogP contribution is -2.49. The summed E-state index contributed by atoms with van der Waals surface area (Å²) in [5.74, 6) is -0.183. The summed E-state index contributed by atoms with van der Waals surface area (Å²) in [6.07, 6.45) is 4.93. The summed E-state index contributed by atoms with van der Waals surface area (Å²) in [6.45, 7) is 0. The number of aryl methyl sites for hydroxylation is 1. The van der Waals surface area contributed by atoms with Crippen LogP contribution in [-0.4, -0.2) is 32.7 Å². The number of nitrogens with zero attached hydrogens (tertiary/aromatic N) is 2. The van der Waals surface area contributed by atoms with Crippen molar-refractivity contribution in [2.24, 2.45) is 13.0 Å². The van der Waals surface area contributed by atoms with E-state index in [4.69, 9.17) is 0 Å². The number of rotatable bonds is 5. The zero-order valence-corrected chi connectivity index (χ0v) is 13.6. The van der Waals surface area contributed by atoms with Gasteiger partial charge in [0, 0.05) is 37.6 Å². The fourth-order valence-electron chi connectivity index (χ4n) is 3.05. The average molecular weight is 327 g/mol. The highest BCUT2D eigenvalue weighted by atomic mass is 16.3. The smallest absolute Gasteiger partial charge is 0.263 e. The predicted molar refractivity (Wildman–Crippen MR) is 89.6 cm³/mol. The van der Waals surface area contributed by atoms with E-state index in [2.05, 4.69) is 10.3 Å². The first-order chi connectivity index (χ1) is 11.5. The van der Waals surface area contributed by atoms with Crippen LogP contribution in [0.2, 0.25) is 0 Å². The van der Waals surface area contributed by atoms with E-state index in [1.165, 1.54) is 10.6 Å². The van der Waals surface area contributed by atoms with Crippen molar-refractivity contribution in [2.75, 3.05) is 0 Å². The van der Waals surface area contributed by atoms with Crippen molar-refractivity contribution in [3.05, 3.63) is 64.3 Å². The molecule has 2 aromatic heterocycles. The number of hydrogen-bond acceptors (Lipinski definition) is 4. The van der Waals surface area contributed by atoms with Crippen LogP contribution in [0.3, 0.4) is 0 Å². The van der Waals surface area contributed by atoms with Crippen molar-refractivity contribution in [3.63, 3.8) is 0 Å². The SMILES string of the molecule is Cn1cccc(C(=O)NC(Cc2ccccn2)C2CC(O)C2)c1=O. The van der Waals surface area contributed by atoms with E-state index in [0.717, 1.165) is 5.69 Å². The van der Waals surface area contributed by atoms with Crippen LogP contribution in [0.25, 0.3) is 0 Å². The Morgan fingerprint density at radius 1 is 1.38 bits per heavy atom. The Morgan fingerprint density at radius 2 is 2.17 bits per heavy atom. The van der Waals surface area contributed by atoms with Crippen molar-refractivity contribution in [3.8, 4) is 0 Å². The fraction of sp³-hybridized carbons (Fsp3) is 0.389. The van der Waals surface area contributed by atoms with Crippen molar-refractivity contribution in [1.29, 1.82) is 0 Å². The highest BCUT2D eigenvalue weighted by Gasteiger charge is 2.35. The molecule has 2 N–H and O–H groups in total. The maximum Gasteiger partial charge on any atom is 0.263 e. The zero-order valence-electron chi connectivity index (χ0n) is 13.6. The Balaban J connectivity index is 1.77. The van der Waals surface area contributed by atoms with Gasteiger partial charge in [-0.1, -0.05) is 6.07 Å². The number of carbonyl (C=O) groups is 1. The molecule has 1 aliphatic rings. The van der Waals surface area contributed by atoms with Gasteiger partial charge in [0.2, 0.25) is 0 Å². The summed E-state index contributed by atoms with van der Waals surface area (Å²) < 4.78 is 1.38. The highest BCUT2D eigenvalue weighted by molar-refractivity contribution is 5.94. The zero-order chi connectivity index (χ0) is 17.1. The molecule has 6 nitrogen and oxygen atoms in total. The quantitative estimate of drug-likeness (QED) is 0.854. The molecule has 1 fully saturated rings. The molecule has 0 aromatic carbocycles. The van der Waals surface area contributed by atoms with Gasteiger partial charge in [-0.25, -0.2) is 0 Å². The molecular weight excluding hydrogens is 306 g/mol. The van der Waals surface area contributed by atoms with Crippen LogP contribution in [0.15, 0.2) is 47.5 Å². The Kier molecular flexibility index (Phi) is 4.76. The summed E-state index contributed by atoms with van der Waals surface area (Å²) in [5, 5.41) is 12.6. The van der Waals surface area contributed by atoms with E-state index in [0.29, 0.717) is 19.3 Å². The third-order valence-corrected chi connectivity index (χ3v) is 4.56. The first-order valence-corrected chi connectivity index (χ1v) is 8.09. The van der Waals surface area contributed by atoms with Crippen LogP contribution < -0.4 is 10.9 Å². The molecule has 2 heterocycles. The third-order valence-electron chi connectivity index (χ3n) is 4.56. The monoisotopic (exact) mass is 327 g/mol. The van der Waals surface area contributed by atoms with Crippen LogP contribution >= 0.6 is 0 Å². The Labute approximate surface area is 140 Å². The Hall–Kier alpha value is -2.47. The summed E-state index contributed by atoms with van der Waals surface area (Å²) in [5.41, 5.74) is 0.691. The van der Waals surface area contributed by atoms with Gasteiger partial charge >= 0.3 is 0 Å². The predicted octanol–water partition coefficient (Wildman–Crippen LogP) is 0.892. The standard InChI is InChI=1S/C18H21N3O3/c1-21-8-4-6-15(18(21)24)17(23)20-16(12-9-14(22)10-12)11-13-5-2-3-7-19-13/h2-8,12,14,16,22H,9-11H2,1H3,(H,20,23). The lowest BCUT2D eigenvalue weighted by Gasteiger charge is -2.38. The van der Waals surface area contributed by atoms with Crippen molar-refractivity contribution >= 4 is 5.91 Å². The van der Waals surface area contributed by atoms with Gasteiger partial charge in [0.15, 0.2) is 0 Å². The summed E-state index contributed by atoms with van der Waals surface area (Å²) in [6, 6.07) is 8.72. The van der Waals surface area contributed by atoms with Crippen LogP contribution in [0.5, 0.6) is 0 Å². The molecule has 1 atom stereocenters. The molecule has 126 valence electrons. The van der Waals surface area contributed by atoms with Crippen molar-refractivity contribution < 1.29 is 9.90 Å². The number of aromatic nitrogens is 2. The van der Waals surface area contributed by atoms with Gasteiger partial charge < -0.3 is 15.0 Å². The van der Waals surface area contributed by atoms with Gasteiger partial charge in [-0.2, -0.15) is 0 Å². The van der Waals surface area contributed by atoms with E-state index in [9.17, 15) is 14.7 Å². The van der Waals surface area contributed by atoms with E-state index < -0.39 is 0 Å². The van der Waals surface area contributed by atoms with Crippen molar-refractivity contribution in [1.82, 2.24) is 14.9 Å². The first-order valence-electron chi connectivity index (χ1n) is 8.09. The van der Waals surface area contributed by atoms with Gasteiger partial charge in [-0.15, -0.1) is 0 Å². The van der Waals surface area contributed by atoms with Gasteiger partial charge in [0.1, 0.15) is 5.56 Å². The first kappa shape index (κ1) is 16.4. The Morgan fingerprint density at radius 3 is 2.83 bits per heavy atom. The molecule has 1 saturated carbocycles. The lowest BCUT2D eigenvalue weighted by atomic mass is 9.76. The van der Waals surface area contributed by atoms with E-state index in [1.54, 1.807) is 25.5 Å². The molecule has 0 aliphatic heterocycles. The number of amides is 1. The normalized spacial score (nSPS) is 20.9. The lowest BCUT2D eigenvalue weighted by molar-refractivity contribution is 0.0237. The van der Waals surface area contributed by atoms with Crippen LogP contribution in [0.4, 0.5) is 0 Å². The minimum atomic E-state index is -0.376. The van der Waals surface area contributed by atoms with Gasteiger partial charge in [0.05, 0.1) is 6.10 Å². The maximum absolute atomic E-state index is 12.5. The van der Waals surface area contributed by atoms with Gasteiger partial charge in [-0.05, 0) is 43.0 Å². The fourth-order valence-corrected chi connectivity index (χ4v) is 3.05. The minimum absolute atomic E-state index is 0.130. The summed E-state index contributed by atoms with van der Waals surface area (Å²) in [4.78, 5) is 29.0. The molecule has 3 rings (SSSR count). The molecule has 2 aromatic rings. The van der Waals surface area contributed by atoms with Gasteiger partial charge in [-0.3, -0.25) is 14.6 Å². The Bertz CT molecular complexity index is 767. The topological polar surface area (TPSA) is 84.2 Å². The molecule has 1 unspecified atom stereocenters. The van der Waals surface area contributed by atoms with Crippen LogP contribution in [0.1, 0.15) is 28.9 Å². The molecule has 6 heteroatoms. The van der Waals surface area contributed by atoms with Crippen LogP contribution in [-0.2, 0) is 13.5 Å². The van der Waals surface area contributed by atoms with Crippen LogP contribution in [0, 0.1) is 5.92 Å². The minimum Gasteiger partial charge on any atom is -0.393 e. The van der Waals surface area contributed by atoms with E-state index >= 15 is 0 Å². The highest BCUT2D eigenvalue weighted by Crippen LogP contribution is 2.31. The maximum atomic E-state index is 12.5. The second-order valence-electron chi connectivity index (χ2n) is 6.33. The molecule has 0 bridgehead atoms. The number of hydrogen-bond donors (Lipinski definition) is 2. The van der Waals surface area contributed by atoms with Gasteiger partial charge in [0.25, 0.3) is 11.5 Å². The molecule has 0 radical (unpaired) electrons. The second kappa shape index (κ2) is 6.97. The molecule has 1 aliphatic carbocycles. The molecule has 0 saturated heterocycles. The summed E-state index contributed by atoms with van der Waals surface area (Å²) >= 11 is 0. The number of carbonyl (C=O) groups excluding carboxylic acids is 1. The third kappa shape index (κ3) is 3.54. The molecule has 24 heavy (non-hydrogen) atoms. The second-order valence-corrected chi connectivity index (χ2v) is 6.33. The van der Waals surface area contributed by atoms with E-state index in [1.807, 2.05) is 18.2 Å². The average Bonchev–Trinajstić information content (AvgIpc) is 2.55. The molecular formula is C18H21N3O3.